The van der Waals surface area contributed by atoms with Crippen LogP contribution in [0.15, 0.2) is 61.2 Å². The van der Waals surface area contributed by atoms with Crippen LogP contribution in [0.25, 0.3) is 11.2 Å². The fourth-order valence-corrected chi connectivity index (χ4v) is 4.60. The molecule has 1 aliphatic rings. The van der Waals surface area contributed by atoms with Gasteiger partial charge in [-0.2, -0.15) is 0 Å². The molecule has 0 aliphatic carbocycles. The van der Waals surface area contributed by atoms with Gasteiger partial charge in [-0.1, -0.05) is 35.9 Å². The number of benzene rings is 2. The number of aromatic nitrogens is 4. The molecule has 1 aliphatic heterocycles. The number of halogens is 2. The van der Waals surface area contributed by atoms with Crippen LogP contribution in [0.1, 0.15) is 17.4 Å². The molecule has 0 radical (unpaired) electrons. The highest BCUT2D eigenvalue weighted by Crippen LogP contribution is 2.32. The van der Waals surface area contributed by atoms with Gasteiger partial charge in [0.1, 0.15) is 30.5 Å². The summed E-state index contributed by atoms with van der Waals surface area (Å²) in [6.45, 7) is 1.39. The van der Waals surface area contributed by atoms with Crippen molar-refractivity contribution in [1.82, 2.24) is 24.4 Å². The second-order valence-electron chi connectivity index (χ2n) is 8.90. The lowest BCUT2D eigenvalue weighted by Crippen LogP contribution is -2.38. The van der Waals surface area contributed by atoms with Crippen molar-refractivity contribution < 1.29 is 19.3 Å². The summed E-state index contributed by atoms with van der Waals surface area (Å²) >= 11 is 6.07. The summed E-state index contributed by atoms with van der Waals surface area (Å²) in [5.41, 5.74) is 2.90. The van der Waals surface area contributed by atoms with Crippen LogP contribution in [0.2, 0.25) is 5.02 Å². The second-order valence-corrected chi connectivity index (χ2v) is 9.34. The summed E-state index contributed by atoms with van der Waals surface area (Å²) in [6, 6.07) is 13.7. The molecular weight excluding hydrogens is 487 g/mol. The average Bonchev–Trinajstić information content (AvgIpc) is 3.41. The molecule has 2 aromatic heterocycles. The van der Waals surface area contributed by atoms with E-state index in [1.165, 1.54) is 24.8 Å². The lowest BCUT2D eigenvalue weighted by atomic mass is 10.1. The number of anilines is 1. The summed E-state index contributed by atoms with van der Waals surface area (Å²) in [5.74, 6) is 0.239. The monoisotopic (exact) mass is 512 g/mol. The molecule has 36 heavy (non-hydrogen) atoms. The number of hydrogen-bond acceptors (Lipinski definition) is 8. The molecule has 5 rings (SSSR count). The van der Waals surface area contributed by atoms with Crippen LogP contribution in [0, 0.1) is 5.82 Å². The molecule has 2 aromatic carbocycles. The van der Waals surface area contributed by atoms with E-state index in [1.807, 2.05) is 36.2 Å². The zero-order valence-electron chi connectivity index (χ0n) is 19.5. The predicted molar refractivity (Wildman–Crippen MR) is 133 cm³/mol. The number of likely N-dealkylation sites (N-methyl/N-ethyl adjacent to an activating group) is 1. The quantitative estimate of drug-likeness (QED) is 0.331. The van der Waals surface area contributed by atoms with Crippen molar-refractivity contribution >= 4 is 28.6 Å². The Kier molecular flexibility index (Phi) is 7.13. The van der Waals surface area contributed by atoms with Crippen molar-refractivity contribution in [2.75, 3.05) is 18.9 Å². The molecule has 0 unspecified atom stereocenters. The zero-order valence-corrected chi connectivity index (χ0v) is 20.3. The summed E-state index contributed by atoms with van der Waals surface area (Å²) in [4.78, 5) is 15.0. The molecule has 0 amide bonds. The number of imidazole rings is 1. The molecule has 4 aromatic rings. The predicted octanol–water partition coefficient (Wildman–Crippen LogP) is 2.98. The van der Waals surface area contributed by atoms with Crippen LogP contribution in [0.5, 0.6) is 0 Å². The summed E-state index contributed by atoms with van der Waals surface area (Å²) in [7, 11) is 1.87. The van der Waals surface area contributed by atoms with E-state index < -0.39 is 24.5 Å². The van der Waals surface area contributed by atoms with Gasteiger partial charge < -0.3 is 20.3 Å². The molecule has 1 saturated heterocycles. The van der Waals surface area contributed by atoms with Crippen LogP contribution in [-0.4, -0.2) is 66.5 Å². The van der Waals surface area contributed by atoms with E-state index in [0.29, 0.717) is 41.6 Å². The van der Waals surface area contributed by atoms with Gasteiger partial charge in [0, 0.05) is 24.7 Å². The Labute approximate surface area is 212 Å². The normalized spacial score (nSPS) is 21.9. The van der Waals surface area contributed by atoms with E-state index >= 15 is 0 Å². The number of aliphatic hydroxyl groups excluding tert-OH is 2. The molecule has 188 valence electrons. The Balaban J connectivity index is 1.29. The highest BCUT2D eigenvalue weighted by molar-refractivity contribution is 6.30. The summed E-state index contributed by atoms with van der Waals surface area (Å²) in [5, 5.41) is 25.4. The molecule has 4 atom stereocenters. The van der Waals surface area contributed by atoms with Crippen LogP contribution in [0.4, 0.5) is 10.2 Å². The standard InChI is InChI=1S/C25H26ClFN6O3/c1-32(11-15-5-7-18(27)8-6-15)12-19-21(34)22(35)25(36-19)33-14-31-20-23(29-13-30-24(20)33)28-10-16-3-2-4-17(26)9-16/h2-9,13-14,19,21-22,25,34-35H,10-12H2,1H3,(H,28,29,30)/t19-,21-,22-,25-/m1/s1. The fraction of sp³-hybridized carbons (Fsp3) is 0.320. The first-order valence-electron chi connectivity index (χ1n) is 11.5. The van der Waals surface area contributed by atoms with Gasteiger partial charge in [-0.3, -0.25) is 9.47 Å². The number of aliphatic hydroxyl groups is 2. The molecule has 3 heterocycles. The summed E-state index contributed by atoms with van der Waals surface area (Å²) < 4.78 is 20.9. The third kappa shape index (κ3) is 5.18. The van der Waals surface area contributed by atoms with Crippen LogP contribution in [0.3, 0.4) is 0 Å². The number of ether oxygens (including phenoxy) is 1. The lowest BCUT2D eigenvalue weighted by molar-refractivity contribution is -0.0427. The van der Waals surface area contributed by atoms with Gasteiger partial charge in [0.25, 0.3) is 0 Å². The van der Waals surface area contributed by atoms with E-state index in [9.17, 15) is 14.6 Å². The van der Waals surface area contributed by atoms with E-state index in [-0.39, 0.29) is 5.82 Å². The first kappa shape index (κ1) is 24.5. The van der Waals surface area contributed by atoms with Crippen LogP contribution < -0.4 is 5.32 Å². The number of rotatable bonds is 8. The third-order valence-corrected chi connectivity index (χ3v) is 6.41. The zero-order chi connectivity index (χ0) is 25.2. The maximum absolute atomic E-state index is 13.2. The van der Waals surface area contributed by atoms with E-state index in [4.69, 9.17) is 16.3 Å². The van der Waals surface area contributed by atoms with Gasteiger partial charge in [0.15, 0.2) is 23.2 Å². The van der Waals surface area contributed by atoms with Crippen molar-refractivity contribution in [2.45, 2.75) is 37.6 Å². The molecule has 0 saturated carbocycles. The van der Waals surface area contributed by atoms with E-state index in [0.717, 1.165) is 11.1 Å². The molecule has 1 fully saturated rings. The SMILES string of the molecule is CN(Cc1ccc(F)cc1)C[C@H]1O[C@@H](n2cnc3c(NCc4cccc(Cl)c4)ncnc32)[C@H](O)[C@@H]1O. The van der Waals surface area contributed by atoms with Gasteiger partial charge in [0.05, 0.1) is 6.33 Å². The van der Waals surface area contributed by atoms with Crippen molar-refractivity contribution in [3.8, 4) is 0 Å². The van der Waals surface area contributed by atoms with Crippen molar-refractivity contribution in [3.05, 3.63) is 83.2 Å². The Morgan fingerprint density at radius 1 is 1.08 bits per heavy atom. The Morgan fingerprint density at radius 2 is 1.89 bits per heavy atom. The first-order valence-corrected chi connectivity index (χ1v) is 11.9. The van der Waals surface area contributed by atoms with E-state index in [2.05, 4.69) is 20.3 Å². The van der Waals surface area contributed by atoms with Crippen molar-refractivity contribution in [2.24, 2.45) is 0 Å². The van der Waals surface area contributed by atoms with Gasteiger partial charge in [-0.15, -0.1) is 0 Å². The largest absolute Gasteiger partial charge is 0.387 e. The molecule has 9 nitrogen and oxygen atoms in total. The molecule has 0 bridgehead atoms. The number of fused-ring (bicyclic) bond motifs is 1. The number of nitrogens with zero attached hydrogens (tertiary/aromatic N) is 5. The number of hydrogen-bond donors (Lipinski definition) is 3. The van der Waals surface area contributed by atoms with E-state index in [1.54, 1.807) is 16.7 Å². The van der Waals surface area contributed by atoms with Crippen molar-refractivity contribution in [1.29, 1.82) is 0 Å². The van der Waals surface area contributed by atoms with Gasteiger partial charge in [-0.05, 0) is 42.4 Å². The lowest BCUT2D eigenvalue weighted by Gasteiger charge is -2.22. The summed E-state index contributed by atoms with van der Waals surface area (Å²) in [6.07, 6.45) is -0.864. The third-order valence-electron chi connectivity index (χ3n) is 6.18. The smallest absolute Gasteiger partial charge is 0.167 e. The average molecular weight is 513 g/mol. The molecule has 0 spiro atoms. The second kappa shape index (κ2) is 10.5. The Morgan fingerprint density at radius 3 is 2.67 bits per heavy atom. The molecule has 3 N–H and O–H groups in total. The minimum absolute atomic E-state index is 0.291. The molecular formula is C25H26ClFN6O3. The maximum Gasteiger partial charge on any atom is 0.167 e. The van der Waals surface area contributed by atoms with Gasteiger partial charge >= 0.3 is 0 Å². The topological polar surface area (TPSA) is 109 Å². The highest BCUT2D eigenvalue weighted by Gasteiger charge is 2.44. The highest BCUT2D eigenvalue weighted by atomic mass is 35.5. The maximum atomic E-state index is 13.2. The van der Waals surface area contributed by atoms with Crippen molar-refractivity contribution in [3.63, 3.8) is 0 Å². The van der Waals surface area contributed by atoms with Gasteiger partial charge in [-0.25, -0.2) is 19.3 Å². The van der Waals surface area contributed by atoms with Crippen LogP contribution in [-0.2, 0) is 17.8 Å². The number of nitrogens with one attached hydrogen (secondary N) is 1. The Hall–Kier alpha value is -3.15. The Bertz CT molecular complexity index is 1340. The minimum Gasteiger partial charge on any atom is -0.387 e. The molecule has 11 heteroatoms. The fourth-order valence-electron chi connectivity index (χ4n) is 4.38. The minimum atomic E-state index is -1.18. The van der Waals surface area contributed by atoms with Crippen LogP contribution >= 0.6 is 11.6 Å². The van der Waals surface area contributed by atoms with Gasteiger partial charge in [0.2, 0.25) is 0 Å². The first-order chi connectivity index (χ1) is 17.4.